The number of nitrogens with two attached hydrogens (primary N) is 1. The highest BCUT2D eigenvalue weighted by Crippen LogP contribution is 2.40. The topological polar surface area (TPSA) is 158 Å². The number of carboxylic acids is 1. The summed E-state index contributed by atoms with van der Waals surface area (Å²) >= 11 is 2.37. The van der Waals surface area contributed by atoms with E-state index in [-0.39, 0.29) is 22.2 Å². The molecule has 2 amide bonds. The van der Waals surface area contributed by atoms with Crippen molar-refractivity contribution in [2.45, 2.75) is 11.4 Å². The maximum Gasteiger partial charge on any atom is 0.352 e. The molecule has 1 unspecified atom stereocenters. The molecule has 12 heteroatoms. The number of amides is 2. The van der Waals surface area contributed by atoms with E-state index >= 15 is 0 Å². The van der Waals surface area contributed by atoms with Gasteiger partial charge in [-0.05, 0) is 5.57 Å². The first-order valence-electron chi connectivity index (χ1n) is 7.16. The Morgan fingerprint density at radius 1 is 1.54 bits per heavy atom. The van der Waals surface area contributed by atoms with E-state index in [1.807, 2.05) is 0 Å². The number of anilines is 1. The van der Waals surface area contributed by atoms with Gasteiger partial charge in [-0.15, -0.1) is 23.1 Å². The lowest BCUT2D eigenvalue weighted by molar-refractivity contribution is -0.150. The van der Waals surface area contributed by atoms with Gasteiger partial charge in [0.05, 0.1) is 0 Å². The molecular formula is C14H13N5O5S2. The third-order valence-corrected chi connectivity index (χ3v) is 5.79. The first-order chi connectivity index (χ1) is 12.4. The standard InChI is InChI=1S/C14H13N5O5S2/c1-2-5-3-25-12-8(11(21)19(12)9(5)13(22)23)17-10(20)7(18-24)6-4-26-14(15)16-6/h2,4,8,12,24H,1,3H2,(H2,15,16)(H,17,20)(H,22,23)/b18-7-/t8?,12-/m0/s1. The fourth-order valence-electron chi connectivity index (χ4n) is 2.62. The van der Waals surface area contributed by atoms with Gasteiger partial charge in [0, 0.05) is 11.1 Å². The Bertz CT molecular complexity index is 877. The van der Waals surface area contributed by atoms with E-state index in [2.05, 4.69) is 22.0 Å². The van der Waals surface area contributed by atoms with Crippen molar-refractivity contribution in [2.75, 3.05) is 11.5 Å². The Balaban J connectivity index is 1.78. The minimum Gasteiger partial charge on any atom is -0.477 e. The van der Waals surface area contributed by atoms with Crippen LogP contribution in [0.25, 0.3) is 0 Å². The van der Waals surface area contributed by atoms with Gasteiger partial charge in [0.15, 0.2) is 10.8 Å². The summed E-state index contributed by atoms with van der Waals surface area (Å²) in [6.45, 7) is 3.56. The molecule has 1 fully saturated rings. The number of carbonyl (C=O) groups is 3. The second-order valence-corrected chi connectivity index (χ2v) is 7.26. The molecule has 3 heterocycles. The molecule has 136 valence electrons. The molecule has 2 aliphatic rings. The van der Waals surface area contributed by atoms with Crippen LogP contribution in [-0.4, -0.2) is 60.9 Å². The molecule has 0 radical (unpaired) electrons. The number of carbonyl (C=O) groups excluding carboxylic acids is 2. The lowest BCUT2D eigenvalue weighted by Crippen LogP contribution is -2.71. The number of thiazole rings is 1. The average Bonchev–Trinajstić information content (AvgIpc) is 3.04. The van der Waals surface area contributed by atoms with Crippen molar-refractivity contribution in [3.8, 4) is 0 Å². The monoisotopic (exact) mass is 395 g/mol. The summed E-state index contributed by atoms with van der Waals surface area (Å²) in [7, 11) is 0. The van der Waals surface area contributed by atoms with Crippen molar-refractivity contribution >= 4 is 51.7 Å². The van der Waals surface area contributed by atoms with Gasteiger partial charge in [-0.2, -0.15) is 0 Å². The Morgan fingerprint density at radius 2 is 2.27 bits per heavy atom. The summed E-state index contributed by atoms with van der Waals surface area (Å²) in [4.78, 5) is 41.2. The molecule has 1 saturated heterocycles. The molecule has 0 aliphatic carbocycles. The van der Waals surface area contributed by atoms with Crippen molar-refractivity contribution < 1.29 is 24.7 Å². The Hall–Kier alpha value is -2.86. The van der Waals surface area contributed by atoms with Crippen LogP contribution in [0.1, 0.15) is 5.69 Å². The van der Waals surface area contributed by atoms with Crippen LogP contribution in [0.3, 0.4) is 0 Å². The Morgan fingerprint density at radius 3 is 2.81 bits per heavy atom. The number of hydrogen-bond donors (Lipinski definition) is 4. The molecule has 1 aromatic heterocycles. The molecule has 1 aromatic rings. The minimum absolute atomic E-state index is 0.0764. The summed E-state index contributed by atoms with van der Waals surface area (Å²) in [5, 5.41) is 24.9. The average molecular weight is 395 g/mol. The van der Waals surface area contributed by atoms with Crippen LogP contribution in [0, 0.1) is 0 Å². The fourth-order valence-corrected chi connectivity index (χ4v) is 4.51. The Labute approximate surface area is 155 Å². The van der Waals surface area contributed by atoms with Crippen molar-refractivity contribution in [3.05, 3.63) is 35.0 Å². The molecule has 10 nitrogen and oxygen atoms in total. The second-order valence-electron chi connectivity index (χ2n) is 5.26. The van der Waals surface area contributed by atoms with E-state index in [4.69, 9.17) is 10.9 Å². The zero-order chi connectivity index (χ0) is 19.0. The molecule has 0 bridgehead atoms. The van der Waals surface area contributed by atoms with Crippen molar-refractivity contribution in [2.24, 2.45) is 5.16 Å². The zero-order valence-electron chi connectivity index (χ0n) is 13.1. The molecule has 0 aromatic carbocycles. The van der Waals surface area contributed by atoms with Crippen LogP contribution in [0.4, 0.5) is 5.13 Å². The SMILES string of the molecule is C=CC1=C(C(=O)O)N2C(=O)C(NC(=O)/C(=N\O)c3csc(N)n3)[C@@H]2SC1. The second kappa shape index (κ2) is 6.80. The number of nitrogens with one attached hydrogen (secondary N) is 1. The minimum atomic E-state index is -1.24. The van der Waals surface area contributed by atoms with Crippen LogP contribution in [0.2, 0.25) is 0 Å². The lowest BCUT2D eigenvalue weighted by Gasteiger charge is -2.49. The third kappa shape index (κ3) is 2.82. The number of aliphatic carboxylic acids is 1. The van der Waals surface area contributed by atoms with E-state index in [0.29, 0.717) is 11.3 Å². The molecule has 3 rings (SSSR count). The van der Waals surface area contributed by atoms with Crippen LogP contribution < -0.4 is 11.1 Å². The van der Waals surface area contributed by atoms with Gasteiger partial charge in [0.1, 0.15) is 22.8 Å². The maximum absolute atomic E-state index is 12.4. The molecule has 2 atom stereocenters. The number of allylic oxidation sites excluding steroid dienone is 1. The third-order valence-electron chi connectivity index (χ3n) is 3.81. The van der Waals surface area contributed by atoms with Gasteiger partial charge in [0.2, 0.25) is 0 Å². The molecule has 0 spiro atoms. The normalized spacial score (nSPS) is 22.5. The number of aromatic nitrogens is 1. The summed E-state index contributed by atoms with van der Waals surface area (Å²) in [6, 6.07) is -0.944. The van der Waals surface area contributed by atoms with Crippen molar-refractivity contribution in [1.82, 2.24) is 15.2 Å². The molecule has 0 saturated carbocycles. The number of nitrogens with zero attached hydrogens (tertiary/aromatic N) is 3. The van der Waals surface area contributed by atoms with Gasteiger partial charge < -0.3 is 21.4 Å². The maximum atomic E-state index is 12.4. The number of nitrogen functional groups attached to an aromatic ring is 1. The first kappa shape index (κ1) is 17.9. The zero-order valence-corrected chi connectivity index (χ0v) is 14.7. The number of carboxylic acid groups (broad SMARTS) is 1. The van der Waals surface area contributed by atoms with Crippen LogP contribution in [0.15, 0.2) is 34.5 Å². The summed E-state index contributed by atoms with van der Waals surface area (Å²) in [5.41, 5.74) is 5.49. The van der Waals surface area contributed by atoms with Crippen LogP contribution in [-0.2, 0) is 14.4 Å². The van der Waals surface area contributed by atoms with Gasteiger partial charge in [-0.3, -0.25) is 14.5 Å². The van der Waals surface area contributed by atoms with E-state index < -0.39 is 29.2 Å². The summed E-state index contributed by atoms with van der Waals surface area (Å²) in [6.07, 6.45) is 1.40. The van der Waals surface area contributed by atoms with Crippen LogP contribution in [0.5, 0.6) is 0 Å². The number of thioether (sulfide) groups is 1. The van der Waals surface area contributed by atoms with Gasteiger partial charge >= 0.3 is 5.97 Å². The Kier molecular flexibility index (Phi) is 4.70. The van der Waals surface area contributed by atoms with E-state index in [1.165, 1.54) is 23.2 Å². The van der Waals surface area contributed by atoms with Gasteiger partial charge in [-0.1, -0.05) is 17.8 Å². The quantitative estimate of drug-likeness (QED) is 0.231. The number of fused-ring (bicyclic) bond motifs is 1. The number of β-lactam (4-membered cyclic amide) rings is 1. The summed E-state index contributed by atoms with van der Waals surface area (Å²) in [5.74, 6) is -2.27. The highest BCUT2D eigenvalue weighted by molar-refractivity contribution is 8.00. The predicted octanol–water partition coefficient (Wildman–Crippen LogP) is -0.172. The highest BCUT2D eigenvalue weighted by atomic mass is 32.2. The first-order valence-corrected chi connectivity index (χ1v) is 9.09. The van der Waals surface area contributed by atoms with E-state index in [9.17, 15) is 19.5 Å². The van der Waals surface area contributed by atoms with E-state index in [1.54, 1.807) is 0 Å². The molecule has 2 aliphatic heterocycles. The number of rotatable bonds is 5. The molecule has 5 N–H and O–H groups in total. The van der Waals surface area contributed by atoms with Crippen LogP contribution >= 0.6 is 23.1 Å². The number of hydrogen-bond acceptors (Lipinski definition) is 9. The largest absolute Gasteiger partial charge is 0.477 e. The van der Waals surface area contributed by atoms with E-state index in [0.717, 1.165) is 16.2 Å². The fraction of sp³-hybridized carbons (Fsp3) is 0.214. The van der Waals surface area contributed by atoms with Crippen molar-refractivity contribution in [1.29, 1.82) is 0 Å². The predicted molar refractivity (Wildman–Crippen MR) is 94.7 cm³/mol. The number of oxime groups is 1. The highest BCUT2D eigenvalue weighted by Gasteiger charge is 2.54. The lowest BCUT2D eigenvalue weighted by atomic mass is 10.0. The van der Waals surface area contributed by atoms with Gasteiger partial charge in [0.25, 0.3) is 11.8 Å². The smallest absolute Gasteiger partial charge is 0.352 e. The summed E-state index contributed by atoms with van der Waals surface area (Å²) < 4.78 is 0. The van der Waals surface area contributed by atoms with Gasteiger partial charge in [-0.25, -0.2) is 9.78 Å². The van der Waals surface area contributed by atoms with Crippen molar-refractivity contribution in [3.63, 3.8) is 0 Å². The molecular weight excluding hydrogens is 382 g/mol. The molecule has 26 heavy (non-hydrogen) atoms.